The Morgan fingerprint density at radius 3 is 2.76 bits per heavy atom. The molecule has 8 heteroatoms. The van der Waals surface area contributed by atoms with Gasteiger partial charge in [-0.05, 0) is 37.5 Å². The van der Waals surface area contributed by atoms with Crippen molar-refractivity contribution in [1.82, 2.24) is 4.72 Å². The lowest BCUT2D eigenvalue weighted by Crippen LogP contribution is -2.36. The molecule has 1 aliphatic rings. The molecule has 2 N–H and O–H groups in total. The van der Waals surface area contributed by atoms with Gasteiger partial charge in [0.15, 0.2) is 0 Å². The van der Waals surface area contributed by atoms with E-state index in [-0.39, 0.29) is 4.90 Å². The summed E-state index contributed by atoms with van der Waals surface area (Å²) < 4.78 is 63.6. The highest BCUT2D eigenvalue weighted by Gasteiger charge is 2.32. The van der Waals surface area contributed by atoms with Crippen molar-refractivity contribution in [2.75, 3.05) is 11.9 Å². The Labute approximate surface area is 121 Å². The summed E-state index contributed by atoms with van der Waals surface area (Å²) in [6.45, 7) is 1.97. The van der Waals surface area contributed by atoms with Gasteiger partial charge in [0, 0.05) is 18.3 Å². The normalized spacial score (nSPS) is 17.0. The zero-order valence-corrected chi connectivity index (χ0v) is 12.3. The molecule has 21 heavy (non-hydrogen) atoms. The molecule has 0 bridgehead atoms. The number of alkyl halides is 3. The Kier molecular flexibility index (Phi) is 4.48. The van der Waals surface area contributed by atoms with Crippen LogP contribution < -0.4 is 10.0 Å². The van der Waals surface area contributed by atoms with Crippen LogP contribution in [0.3, 0.4) is 0 Å². The number of anilines is 1. The van der Waals surface area contributed by atoms with Crippen molar-refractivity contribution >= 4 is 15.7 Å². The second-order valence-corrected chi connectivity index (χ2v) is 6.84. The number of rotatable bonds is 4. The lowest BCUT2D eigenvalue weighted by molar-refractivity contribution is -0.137. The van der Waals surface area contributed by atoms with Crippen LogP contribution in [0.15, 0.2) is 23.1 Å². The fraction of sp³-hybridized carbons (Fsp3) is 0.538. The third kappa shape index (κ3) is 4.10. The highest BCUT2D eigenvalue weighted by atomic mass is 32.2. The van der Waals surface area contributed by atoms with E-state index >= 15 is 0 Å². The number of benzene rings is 1. The zero-order valence-electron chi connectivity index (χ0n) is 11.5. The van der Waals surface area contributed by atoms with Gasteiger partial charge in [-0.3, -0.25) is 0 Å². The predicted octanol–water partition coefficient (Wildman–Crippen LogP) is 2.66. The van der Waals surface area contributed by atoms with Crippen LogP contribution in [0, 0.1) is 0 Å². The molecule has 0 radical (unpaired) electrons. The van der Waals surface area contributed by atoms with Gasteiger partial charge in [-0.1, -0.05) is 6.07 Å². The number of halogens is 3. The van der Waals surface area contributed by atoms with Crippen molar-refractivity contribution < 1.29 is 21.6 Å². The molecule has 1 unspecified atom stereocenters. The van der Waals surface area contributed by atoms with Gasteiger partial charge in [-0.25, -0.2) is 13.1 Å². The maximum absolute atomic E-state index is 12.3. The molecule has 0 amide bonds. The molecule has 0 saturated heterocycles. The molecule has 0 saturated carbocycles. The van der Waals surface area contributed by atoms with E-state index in [1.165, 1.54) is 13.0 Å². The summed E-state index contributed by atoms with van der Waals surface area (Å²) in [7, 11) is -3.96. The van der Waals surface area contributed by atoms with Crippen LogP contribution in [-0.2, 0) is 16.4 Å². The average molecular weight is 322 g/mol. The third-order valence-corrected chi connectivity index (χ3v) is 4.91. The fourth-order valence-corrected chi connectivity index (χ4v) is 3.98. The summed E-state index contributed by atoms with van der Waals surface area (Å²) in [5, 5.41) is 3.09. The highest BCUT2D eigenvalue weighted by Crippen LogP contribution is 2.29. The fourth-order valence-electron chi connectivity index (χ4n) is 2.45. The van der Waals surface area contributed by atoms with Crippen LogP contribution in [-0.4, -0.2) is 27.2 Å². The van der Waals surface area contributed by atoms with E-state index in [0.717, 1.165) is 18.7 Å². The van der Waals surface area contributed by atoms with Gasteiger partial charge < -0.3 is 5.32 Å². The smallest absolute Gasteiger partial charge is 0.385 e. The first-order valence-electron chi connectivity index (χ1n) is 6.64. The van der Waals surface area contributed by atoms with Crippen molar-refractivity contribution in [1.29, 1.82) is 0 Å². The first-order chi connectivity index (χ1) is 9.69. The molecule has 2 rings (SSSR count). The molecule has 1 heterocycles. The molecule has 4 nitrogen and oxygen atoms in total. The van der Waals surface area contributed by atoms with Gasteiger partial charge in [0.25, 0.3) is 0 Å². The molecule has 1 aliphatic heterocycles. The summed E-state index contributed by atoms with van der Waals surface area (Å²) in [5.74, 6) is 0. The van der Waals surface area contributed by atoms with E-state index in [0.29, 0.717) is 12.0 Å². The Morgan fingerprint density at radius 2 is 2.10 bits per heavy atom. The topological polar surface area (TPSA) is 58.2 Å². The molecule has 0 aliphatic carbocycles. The van der Waals surface area contributed by atoms with Crippen molar-refractivity contribution in [3.8, 4) is 0 Å². The molecular formula is C13H17F3N2O2S. The Balaban J connectivity index is 2.24. The van der Waals surface area contributed by atoms with Crippen molar-refractivity contribution in [2.45, 2.75) is 43.3 Å². The van der Waals surface area contributed by atoms with Gasteiger partial charge in [0.1, 0.15) is 0 Å². The number of hydrogen-bond donors (Lipinski definition) is 2. The summed E-state index contributed by atoms with van der Waals surface area (Å²) in [5.41, 5.74) is 1.36. The predicted molar refractivity (Wildman–Crippen MR) is 73.7 cm³/mol. The number of nitrogens with one attached hydrogen (secondary N) is 2. The van der Waals surface area contributed by atoms with E-state index < -0.39 is 28.7 Å². The number of sulfonamides is 1. The van der Waals surface area contributed by atoms with Gasteiger partial charge in [0.2, 0.25) is 10.0 Å². The molecule has 0 spiro atoms. The number of fused-ring (bicyclic) bond motifs is 1. The van der Waals surface area contributed by atoms with Gasteiger partial charge in [-0.15, -0.1) is 0 Å². The highest BCUT2D eigenvalue weighted by molar-refractivity contribution is 7.89. The Hall–Kier alpha value is -1.28. The van der Waals surface area contributed by atoms with Crippen molar-refractivity contribution in [3.63, 3.8) is 0 Å². The molecule has 0 fully saturated rings. The molecule has 1 aromatic carbocycles. The van der Waals surface area contributed by atoms with Crippen molar-refractivity contribution in [3.05, 3.63) is 23.8 Å². The van der Waals surface area contributed by atoms with E-state index in [2.05, 4.69) is 10.0 Å². The summed E-state index contributed by atoms with van der Waals surface area (Å²) in [4.78, 5) is 0.0567. The molecule has 1 aromatic rings. The van der Waals surface area contributed by atoms with E-state index in [1.807, 2.05) is 0 Å². The first kappa shape index (κ1) is 16.1. The first-order valence-corrected chi connectivity index (χ1v) is 8.12. The lowest BCUT2D eigenvalue weighted by Gasteiger charge is -2.22. The van der Waals surface area contributed by atoms with Crippen LogP contribution in [0.5, 0.6) is 0 Å². The van der Waals surface area contributed by atoms with Crippen LogP contribution >= 0.6 is 0 Å². The van der Waals surface area contributed by atoms with Crippen LogP contribution in [0.4, 0.5) is 18.9 Å². The third-order valence-electron chi connectivity index (χ3n) is 3.24. The second-order valence-electron chi connectivity index (χ2n) is 5.15. The van der Waals surface area contributed by atoms with Gasteiger partial charge >= 0.3 is 6.18 Å². The second kappa shape index (κ2) is 5.84. The molecule has 0 aromatic heterocycles. The van der Waals surface area contributed by atoms with Crippen LogP contribution in [0.1, 0.15) is 25.3 Å². The minimum atomic E-state index is -4.40. The summed E-state index contributed by atoms with van der Waals surface area (Å²) >= 11 is 0. The van der Waals surface area contributed by atoms with E-state index in [1.54, 1.807) is 12.1 Å². The number of hydrogen-bond acceptors (Lipinski definition) is 3. The zero-order chi connectivity index (χ0) is 15.7. The maximum Gasteiger partial charge on any atom is 0.390 e. The minimum absolute atomic E-state index is 0.0567. The standard InChI is InChI=1S/C13H17F3N2O2S/c1-9(8-13(14,15)16)18-21(19,20)12-6-2-5-11-10(12)4-3-7-17-11/h2,5-6,9,17-18H,3-4,7-8H2,1H3. The van der Waals surface area contributed by atoms with Crippen LogP contribution in [0.2, 0.25) is 0 Å². The van der Waals surface area contributed by atoms with Gasteiger partial charge in [-0.2, -0.15) is 13.2 Å². The maximum atomic E-state index is 12.3. The SMILES string of the molecule is CC(CC(F)(F)F)NS(=O)(=O)c1cccc2c1CCCN2. The molecule has 1 atom stereocenters. The van der Waals surface area contributed by atoms with Crippen LogP contribution in [0.25, 0.3) is 0 Å². The molecule has 118 valence electrons. The molecular weight excluding hydrogens is 305 g/mol. The van der Waals surface area contributed by atoms with Crippen molar-refractivity contribution in [2.24, 2.45) is 0 Å². The average Bonchev–Trinajstić information content (AvgIpc) is 2.35. The lowest BCUT2D eigenvalue weighted by atomic mass is 10.0. The van der Waals surface area contributed by atoms with E-state index in [9.17, 15) is 21.6 Å². The monoisotopic (exact) mass is 322 g/mol. The quantitative estimate of drug-likeness (QED) is 0.896. The summed E-state index contributed by atoms with van der Waals surface area (Å²) in [6, 6.07) is 3.57. The van der Waals surface area contributed by atoms with E-state index in [4.69, 9.17) is 0 Å². The summed E-state index contributed by atoms with van der Waals surface area (Å²) in [6.07, 6.45) is -4.22. The largest absolute Gasteiger partial charge is 0.390 e. The Morgan fingerprint density at radius 1 is 1.38 bits per heavy atom. The Bertz CT molecular complexity index is 614. The van der Waals surface area contributed by atoms with Gasteiger partial charge in [0.05, 0.1) is 11.3 Å². The minimum Gasteiger partial charge on any atom is -0.385 e.